The zero-order valence-corrected chi connectivity index (χ0v) is 7.97. The number of rotatable bonds is 1. The fourth-order valence-corrected chi connectivity index (χ4v) is 1.15. The molecule has 15 heavy (non-hydrogen) atoms. The highest BCUT2D eigenvalue weighted by Crippen LogP contribution is 2.41. The van der Waals surface area contributed by atoms with Gasteiger partial charge in [-0.2, -0.15) is 13.2 Å². The summed E-state index contributed by atoms with van der Waals surface area (Å²) in [7, 11) is 0. The van der Waals surface area contributed by atoms with Gasteiger partial charge in [0.15, 0.2) is 5.60 Å². The summed E-state index contributed by atoms with van der Waals surface area (Å²) in [5.41, 5.74) is 7.23. The van der Waals surface area contributed by atoms with Gasteiger partial charge in [-0.1, -0.05) is 0 Å². The molecular weight excluding hydrogens is 209 g/mol. The van der Waals surface area contributed by atoms with Crippen molar-refractivity contribution in [2.45, 2.75) is 18.7 Å². The average Bonchev–Trinajstić information content (AvgIpc) is 2.07. The second kappa shape index (κ2) is 3.30. The number of halogens is 3. The zero-order valence-electron chi connectivity index (χ0n) is 7.97. The molecule has 0 heterocycles. The third-order valence-corrected chi connectivity index (χ3v) is 2.15. The Hall–Kier alpha value is -1.43. The predicted octanol–water partition coefficient (Wildman–Crippen LogP) is 1.62. The van der Waals surface area contributed by atoms with Crippen LogP contribution in [0.25, 0.3) is 0 Å². The fraction of sp³-hybridized carbons (Fsp3) is 0.333. The molecule has 0 fully saturated rings. The predicted molar refractivity (Wildman–Crippen MR) is 50.9 cm³/mol. The number of nitrogen functional groups attached to an aromatic ring is 2. The largest absolute Gasteiger partial charge is 0.421 e. The summed E-state index contributed by atoms with van der Waals surface area (Å²) < 4.78 is 37.5. The van der Waals surface area contributed by atoms with E-state index in [9.17, 15) is 18.3 Å². The van der Waals surface area contributed by atoms with Gasteiger partial charge in [0.1, 0.15) is 0 Å². The van der Waals surface area contributed by atoms with Gasteiger partial charge in [0.05, 0.1) is 0 Å². The van der Waals surface area contributed by atoms with Gasteiger partial charge in [0.25, 0.3) is 0 Å². The standard InChI is InChI=1S/C9H11F3N2O/c1-8(15,9(10,11)12)6-4-5(13)2-3-7(6)14/h2-4,15H,13-14H2,1H3. The second-order valence-electron chi connectivity index (χ2n) is 3.42. The van der Waals surface area contributed by atoms with E-state index < -0.39 is 17.3 Å². The molecule has 0 radical (unpaired) electrons. The number of hydrogen-bond donors (Lipinski definition) is 3. The van der Waals surface area contributed by atoms with Crippen LogP contribution < -0.4 is 11.5 Å². The molecule has 1 unspecified atom stereocenters. The second-order valence-corrected chi connectivity index (χ2v) is 3.42. The van der Waals surface area contributed by atoms with E-state index in [-0.39, 0.29) is 11.4 Å². The van der Waals surface area contributed by atoms with E-state index in [0.29, 0.717) is 6.92 Å². The Morgan fingerprint density at radius 3 is 2.20 bits per heavy atom. The molecule has 3 nitrogen and oxygen atoms in total. The van der Waals surface area contributed by atoms with Crippen molar-refractivity contribution in [1.29, 1.82) is 0 Å². The van der Waals surface area contributed by atoms with Gasteiger partial charge in [-0.25, -0.2) is 0 Å². The quantitative estimate of drug-likeness (QED) is 0.630. The molecule has 1 aromatic rings. The highest BCUT2D eigenvalue weighted by molar-refractivity contribution is 5.57. The minimum atomic E-state index is -4.80. The van der Waals surface area contributed by atoms with Crippen LogP contribution in [-0.4, -0.2) is 11.3 Å². The molecule has 84 valence electrons. The van der Waals surface area contributed by atoms with Crippen molar-refractivity contribution >= 4 is 11.4 Å². The first kappa shape index (κ1) is 11.6. The van der Waals surface area contributed by atoms with Gasteiger partial charge >= 0.3 is 6.18 Å². The molecule has 5 N–H and O–H groups in total. The van der Waals surface area contributed by atoms with Crippen LogP contribution >= 0.6 is 0 Å². The number of hydrogen-bond acceptors (Lipinski definition) is 3. The molecule has 0 aromatic heterocycles. The molecule has 0 spiro atoms. The maximum atomic E-state index is 12.5. The molecule has 0 saturated carbocycles. The fourth-order valence-electron chi connectivity index (χ4n) is 1.15. The van der Waals surface area contributed by atoms with Crippen LogP contribution in [0.3, 0.4) is 0 Å². The van der Waals surface area contributed by atoms with Crippen molar-refractivity contribution in [3.05, 3.63) is 23.8 Å². The van der Waals surface area contributed by atoms with E-state index in [1.54, 1.807) is 0 Å². The normalized spacial score (nSPS) is 16.1. The summed E-state index contributed by atoms with van der Waals surface area (Å²) in [6.45, 7) is 0.637. The summed E-state index contributed by atoms with van der Waals surface area (Å²) in [4.78, 5) is 0. The molecule has 0 bridgehead atoms. The molecule has 0 aliphatic carbocycles. The molecule has 1 atom stereocenters. The van der Waals surface area contributed by atoms with E-state index in [1.165, 1.54) is 12.1 Å². The Bertz CT molecular complexity index is 374. The van der Waals surface area contributed by atoms with Crippen LogP contribution in [0.2, 0.25) is 0 Å². The van der Waals surface area contributed by atoms with Gasteiger partial charge in [-0.3, -0.25) is 0 Å². The van der Waals surface area contributed by atoms with Crippen LogP contribution in [0.5, 0.6) is 0 Å². The monoisotopic (exact) mass is 220 g/mol. The van der Waals surface area contributed by atoms with Crippen molar-refractivity contribution in [2.75, 3.05) is 11.5 Å². The third-order valence-electron chi connectivity index (χ3n) is 2.15. The summed E-state index contributed by atoms with van der Waals surface area (Å²) in [5, 5.41) is 9.37. The Labute approximate surface area is 84.5 Å². The van der Waals surface area contributed by atoms with Crippen LogP contribution in [0.1, 0.15) is 12.5 Å². The van der Waals surface area contributed by atoms with Crippen molar-refractivity contribution in [3.63, 3.8) is 0 Å². The van der Waals surface area contributed by atoms with E-state index in [4.69, 9.17) is 11.5 Å². The van der Waals surface area contributed by atoms with Crippen LogP contribution in [0.4, 0.5) is 24.5 Å². The van der Waals surface area contributed by atoms with Crippen molar-refractivity contribution < 1.29 is 18.3 Å². The van der Waals surface area contributed by atoms with Gasteiger partial charge in [-0.05, 0) is 25.1 Å². The first-order chi connectivity index (χ1) is 6.66. The number of aliphatic hydroxyl groups is 1. The first-order valence-corrected chi connectivity index (χ1v) is 4.11. The lowest BCUT2D eigenvalue weighted by Crippen LogP contribution is -2.39. The lowest BCUT2D eigenvalue weighted by Gasteiger charge is -2.28. The third kappa shape index (κ3) is 1.99. The number of nitrogens with two attached hydrogens (primary N) is 2. The lowest BCUT2D eigenvalue weighted by molar-refractivity contribution is -0.258. The number of alkyl halides is 3. The molecule has 1 aromatic carbocycles. The first-order valence-electron chi connectivity index (χ1n) is 4.11. The van der Waals surface area contributed by atoms with Crippen molar-refractivity contribution in [2.24, 2.45) is 0 Å². The molecular formula is C9H11F3N2O. The Balaban J connectivity index is 3.32. The van der Waals surface area contributed by atoms with Crippen LogP contribution in [0.15, 0.2) is 18.2 Å². The van der Waals surface area contributed by atoms with E-state index in [0.717, 1.165) is 6.07 Å². The minimum Gasteiger partial charge on any atom is -0.399 e. The van der Waals surface area contributed by atoms with E-state index in [1.807, 2.05) is 0 Å². The number of anilines is 2. The van der Waals surface area contributed by atoms with Crippen LogP contribution in [0, 0.1) is 0 Å². The molecule has 6 heteroatoms. The molecule has 0 saturated heterocycles. The van der Waals surface area contributed by atoms with Crippen molar-refractivity contribution in [1.82, 2.24) is 0 Å². The molecule has 0 amide bonds. The molecule has 0 aliphatic rings. The Kier molecular flexibility index (Phi) is 2.56. The zero-order chi connectivity index (χ0) is 11.9. The van der Waals surface area contributed by atoms with E-state index >= 15 is 0 Å². The van der Waals surface area contributed by atoms with E-state index in [2.05, 4.69) is 0 Å². The summed E-state index contributed by atoms with van der Waals surface area (Å²) in [5.74, 6) is 0. The molecule has 1 rings (SSSR count). The SMILES string of the molecule is CC(O)(c1cc(N)ccc1N)C(F)(F)F. The maximum Gasteiger partial charge on any atom is 0.421 e. The lowest BCUT2D eigenvalue weighted by atomic mass is 9.93. The van der Waals surface area contributed by atoms with Gasteiger partial charge in [0, 0.05) is 16.9 Å². The Morgan fingerprint density at radius 2 is 1.73 bits per heavy atom. The highest BCUT2D eigenvalue weighted by atomic mass is 19.4. The van der Waals surface area contributed by atoms with Gasteiger partial charge < -0.3 is 16.6 Å². The average molecular weight is 220 g/mol. The molecule has 0 aliphatic heterocycles. The van der Waals surface area contributed by atoms with Gasteiger partial charge in [-0.15, -0.1) is 0 Å². The highest BCUT2D eigenvalue weighted by Gasteiger charge is 2.52. The summed E-state index contributed by atoms with van der Waals surface area (Å²) in [6, 6.07) is 3.61. The van der Waals surface area contributed by atoms with Gasteiger partial charge in [0.2, 0.25) is 0 Å². The topological polar surface area (TPSA) is 72.3 Å². The summed E-state index contributed by atoms with van der Waals surface area (Å²) in [6.07, 6.45) is -4.80. The Morgan fingerprint density at radius 1 is 1.20 bits per heavy atom. The summed E-state index contributed by atoms with van der Waals surface area (Å²) >= 11 is 0. The smallest absolute Gasteiger partial charge is 0.399 e. The van der Waals surface area contributed by atoms with Crippen LogP contribution in [-0.2, 0) is 5.60 Å². The van der Waals surface area contributed by atoms with Crippen molar-refractivity contribution in [3.8, 4) is 0 Å². The minimum absolute atomic E-state index is 0.115. The maximum absolute atomic E-state index is 12.5. The number of benzene rings is 1.